The Labute approximate surface area is 185 Å². The number of furan rings is 1. The van der Waals surface area contributed by atoms with Crippen LogP contribution >= 0.6 is 0 Å². The average Bonchev–Trinajstić information content (AvgIpc) is 3.54. The summed E-state index contributed by atoms with van der Waals surface area (Å²) < 4.78 is 13.6. The molecule has 1 amide bonds. The molecule has 0 radical (unpaired) electrons. The van der Waals surface area contributed by atoms with Gasteiger partial charge in [-0.05, 0) is 25.5 Å². The van der Waals surface area contributed by atoms with E-state index in [-0.39, 0.29) is 12.3 Å². The van der Waals surface area contributed by atoms with Crippen molar-refractivity contribution in [2.45, 2.75) is 32.7 Å². The van der Waals surface area contributed by atoms with Crippen molar-refractivity contribution >= 4 is 39.1 Å². The summed E-state index contributed by atoms with van der Waals surface area (Å²) in [6.07, 6.45) is 7.85. The van der Waals surface area contributed by atoms with E-state index in [1.807, 2.05) is 42.5 Å². The molecular weight excluding hydrogens is 404 g/mol. The first kappa shape index (κ1) is 20.1. The second-order valence-corrected chi connectivity index (χ2v) is 7.70. The lowest BCUT2D eigenvalue weighted by molar-refractivity contribution is -0.116. The van der Waals surface area contributed by atoms with Gasteiger partial charge >= 0.3 is 0 Å². The van der Waals surface area contributed by atoms with Crippen LogP contribution in [0.4, 0.5) is 5.69 Å². The maximum atomic E-state index is 12.7. The minimum absolute atomic E-state index is 0.118. The molecule has 4 aromatic rings. The monoisotopic (exact) mass is 428 g/mol. The topological polar surface area (TPSA) is 82.2 Å². The molecule has 1 N–H and O–H groups in total. The number of methoxy groups -OCH3 is 1. The number of nitrogens with zero attached hydrogens (tertiary/aromatic N) is 3. The van der Waals surface area contributed by atoms with Crippen molar-refractivity contribution in [3.8, 4) is 5.75 Å². The number of allylic oxidation sites excluding steroid dienone is 4. The first-order valence-corrected chi connectivity index (χ1v) is 10.7. The number of fused-ring (bicyclic) bond motifs is 3. The zero-order valence-corrected chi connectivity index (χ0v) is 18.1. The molecule has 1 aliphatic rings. The summed E-state index contributed by atoms with van der Waals surface area (Å²) in [6.45, 7) is 2.82. The number of ether oxygens (including phenoxy) is 1. The number of carbonyl (C=O) groups is 1. The van der Waals surface area contributed by atoms with E-state index < -0.39 is 0 Å². The van der Waals surface area contributed by atoms with Gasteiger partial charge in [-0.3, -0.25) is 4.79 Å². The van der Waals surface area contributed by atoms with Crippen LogP contribution in [-0.4, -0.2) is 27.8 Å². The predicted molar refractivity (Wildman–Crippen MR) is 125 cm³/mol. The number of hydrogen-bond donors (Lipinski definition) is 1. The van der Waals surface area contributed by atoms with Crippen molar-refractivity contribution in [3.63, 3.8) is 0 Å². The quantitative estimate of drug-likeness (QED) is 0.442. The lowest BCUT2D eigenvalue weighted by atomic mass is 10.1. The first-order valence-electron chi connectivity index (χ1n) is 10.7. The summed E-state index contributed by atoms with van der Waals surface area (Å²) in [4.78, 5) is 12.7. The third kappa shape index (κ3) is 3.56. The number of carbonyl (C=O) groups excluding carboxylic acids is 1. The summed E-state index contributed by atoms with van der Waals surface area (Å²) in [5.74, 6) is 2.17. The van der Waals surface area contributed by atoms with E-state index in [1.54, 1.807) is 7.11 Å². The normalized spacial score (nSPS) is 13.1. The van der Waals surface area contributed by atoms with Gasteiger partial charge in [0.1, 0.15) is 22.7 Å². The van der Waals surface area contributed by atoms with Crippen molar-refractivity contribution in [2.24, 2.45) is 0 Å². The highest BCUT2D eigenvalue weighted by molar-refractivity contribution is 6.07. The largest absolute Gasteiger partial charge is 0.495 e. The lowest BCUT2D eigenvalue weighted by Gasteiger charge is -2.11. The van der Waals surface area contributed by atoms with Gasteiger partial charge in [-0.1, -0.05) is 36.4 Å². The number of aryl methyl sites for hydroxylation is 1. The van der Waals surface area contributed by atoms with Crippen molar-refractivity contribution in [1.82, 2.24) is 14.8 Å². The number of anilines is 1. The maximum Gasteiger partial charge on any atom is 0.224 e. The molecule has 0 aliphatic heterocycles. The Morgan fingerprint density at radius 2 is 2.06 bits per heavy atom. The van der Waals surface area contributed by atoms with Crippen LogP contribution in [0.1, 0.15) is 31.4 Å². The highest BCUT2D eigenvalue weighted by Gasteiger charge is 2.18. The predicted octanol–water partition coefficient (Wildman–Crippen LogP) is 5.12. The van der Waals surface area contributed by atoms with Crippen LogP contribution in [0, 0.1) is 0 Å². The zero-order valence-electron chi connectivity index (χ0n) is 18.1. The second kappa shape index (κ2) is 8.34. The van der Waals surface area contributed by atoms with Crippen LogP contribution in [-0.2, 0) is 17.8 Å². The number of benzene rings is 2. The molecule has 2 heterocycles. The fourth-order valence-electron chi connectivity index (χ4n) is 4.16. The molecule has 0 atom stereocenters. The van der Waals surface area contributed by atoms with E-state index >= 15 is 0 Å². The number of para-hydroxylation sites is 1. The molecule has 7 nitrogen and oxygen atoms in total. The van der Waals surface area contributed by atoms with Crippen molar-refractivity contribution in [1.29, 1.82) is 0 Å². The third-order valence-corrected chi connectivity index (χ3v) is 5.75. The summed E-state index contributed by atoms with van der Waals surface area (Å²) in [6, 6.07) is 11.6. The minimum Gasteiger partial charge on any atom is -0.495 e. The Hall–Kier alpha value is -3.87. The van der Waals surface area contributed by atoms with Crippen LogP contribution in [0.2, 0.25) is 0 Å². The molecule has 0 bridgehead atoms. The summed E-state index contributed by atoms with van der Waals surface area (Å²) in [5, 5.41) is 13.6. The van der Waals surface area contributed by atoms with Gasteiger partial charge in [0.2, 0.25) is 5.91 Å². The van der Waals surface area contributed by atoms with Gasteiger partial charge in [-0.2, -0.15) is 0 Å². The average molecular weight is 428 g/mol. The Morgan fingerprint density at radius 3 is 2.84 bits per heavy atom. The minimum atomic E-state index is -0.118. The summed E-state index contributed by atoms with van der Waals surface area (Å²) in [7, 11) is 1.59. The number of hydrogen-bond acceptors (Lipinski definition) is 5. The van der Waals surface area contributed by atoms with E-state index in [0.717, 1.165) is 46.5 Å². The highest BCUT2D eigenvalue weighted by Crippen LogP contribution is 2.36. The molecule has 0 fully saturated rings. The fourth-order valence-corrected chi connectivity index (χ4v) is 4.16. The SMILES string of the molecule is CCn1c(CCC(=O)Nc2cc3oc4ccccc4c3cc2OC)nnc1C1=CC=CC1. The van der Waals surface area contributed by atoms with Gasteiger partial charge in [0, 0.05) is 41.8 Å². The zero-order chi connectivity index (χ0) is 22.1. The van der Waals surface area contributed by atoms with Crippen LogP contribution in [0.25, 0.3) is 27.5 Å². The summed E-state index contributed by atoms with van der Waals surface area (Å²) in [5.41, 5.74) is 3.24. The standard InChI is InChI=1S/C25H24N4O3/c1-3-29-23(27-28-25(29)16-8-4-5-9-16)12-13-24(30)26-19-15-21-18(14-22(19)31-2)17-10-6-7-11-20(17)32-21/h4-8,10-11,14-15H,3,9,12-13H2,1-2H3,(H,26,30). The molecule has 0 saturated heterocycles. The van der Waals surface area contributed by atoms with Gasteiger partial charge in [-0.25, -0.2) is 0 Å². The van der Waals surface area contributed by atoms with E-state index in [4.69, 9.17) is 9.15 Å². The van der Waals surface area contributed by atoms with Crippen molar-refractivity contribution in [2.75, 3.05) is 12.4 Å². The number of nitrogens with one attached hydrogen (secondary N) is 1. The van der Waals surface area contributed by atoms with E-state index in [2.05, 4.69) is 39.2 Å². The van der Waals surface area contributed by atoms with E-state index in [0.29, 0.717) is 23.4 Å². The molecule has 32 heavy (non-hydrogen) atoms. The molecule has 0 spiro atoms. The molecular formula is C25H24N4O3. The number of aromatic nitrogens is 3. The Kier molecular flexibility index (Phi) is 5.23. The molecule has 2 aromatic carbocycles. The second-order valence-electron chi connectivity index (χ2n) is 7.70. The highest BCUT2D eigenvalue weighted by atomic mass is 16.5. The Morgan fingerprint density at radius 1 is 1.19 bits per heavy atom. The summed E-state index contributed by atoms with van der Waals surface area (Å²) >= 11 is 0. The molecule has 2 aromatic heterocycles. The van der Waals surface area contributed by atoms with E-state index in [1.165, 1.54) is 0 Å². The van der Waals surface area contributed by atoms with Gasteiger partial charge < -0.3 is 19.0 Å². The van der Waals surface area contributed by atoms with Gasteiger partial charge in [0.25, 0.3) is 0 Å². The molecule has 5 rings (SSSR count). The maximum absolute atomic E-state index is 12.7. The molecule has 1 aliphatic carbocycles. The third-order valence-electron chi connectivity index (χ3n) is 5.75. The molecule has 162 valence electrons. The lowest BCUT2D eigenvalue weighted by Crippen LogP contribution is -2.15. The van der Waals surface area contributed by atoms with Crippen LogP contribution < -0.4 is 10.1 Å². The van der Waals surface area contributed by atoms with Crippen LogP contribution in [0.5, 0.6) is 5.75 Å². The van der Waals surface area contributed by atoms with Crippen molar-refractivity contribution in [3.05, 3.63) is 66.3 Å². The first-order chi connectivity index (χ1) is 15.7. The number of amides is 1. The number of rotatable bonds is 7. The van der Waals surface area contributed by atoms with Crippen LogP contribution in [0.15, 0.2) is 59.0 Å². The van der Waals surface area contributed by atoms with Gasteiger partial charge in [-0.15, -0.1) is 10.2 Å². The smallest absolute Gasteiger partial charge is 0.224 e. The van der Waals surface area contributed by atoms with Crippen LogP contribution in [0.3, 0.4) is 0 Å². The molecule has 0 unspecified atom stereocenters. The fraction of sp³-hybridized carbons (Fsp3) is 0.240. The Bertz CT molecular complexity index is 1380. The molecule has 0 saturated carbocycles. The van der Waals surface area contributed by atoms with Gasteiger partial charge in [0.05, 0.1) is 12.8 Å². The van der Waals surface area contributed by atoms with E-state index in [9.17, 15) is 4.79 Å². The van der Waals surface area contributed by atoms with Gasteiger partial charge in [0.15, 0.2) is 5.82 Å². The molecule has 7 heteroatoms. The van der Waals surface area contributed by atoms with Crippen molar-refractivity contribution < 1.29 is 13.9 Å². The Balaban J connectivity index is 1.33.